The first-order valence-corrected chi connectivity index (χ1v) is 4.08. The molecule has 0 saturated heterocycles. The minimum atomic E-state index is 0.205. The largest absolute Gasteiger partial charge is 0.460 e. The van der Waals surface area contributed by atoms with Crippen LogP contribution in [0.3, 0.4) is 0 Å². The molecular weight excluding hydrogens is 162 g/mol. The van der Waals surface area contributed by atoms with Crippen LogP contribution in [0.5, 0.6) is 0 Å². The Balaban J connectivity index is 3.42. The molecule has 0 aliphatic rings. The Morgan fingerprint density at radius 1 is 1.36 bits per heavy atom. The third-order valence-electron chi connectivity index (χ3n) is 1.43. The van der Waals surface area contributed by atoms with Gasteiger partial charge in [0.15, 0.2) is 0 Å². The third kappa shape index (κ3) is 4.98. The highest BCUT2D eigenvalue weighted by atomic mass is 32.1. The van der Waals surface area contributed by atoms with Gasteiger partial charge in [0.2, 0.25) is 0 Å². The number of nitrogens with zero attached hydrogens (tertiary/aromatic N) is 1. The quantitative estimate of drug-likeness (QED) is 0.475. The molecule has 0 aliphatic carbocycles. The van der Waals surface area contributed by atoms with Gasteiger partial charge in [-0.15, -0.1) is 0 Å². The Morgan fingerprint density at radius 3 is 2.27 bits per heavy atom. The van der Waals surface area contributed by atoms with E-state index >= 15 is 0 Å². The maximum absolute atomic E-state index is 5.07. The molecule has 0 rings (SSSR count). The van der Waals surface area contributed by atoms with Crippen LogP contribution in [-0.4, -0.2) is 37.1 Å². The summed E-state index contributed by atoms with van der Waals surface area (Å²) in [5, 5.41) is 0.205. The van der Waals surface area contributed by atoms with Gasteiger partial charge in [0.05, 0.1) is 7.11 Å². The zero-order valence-corrected chi connectivity index (χ0v) is 8.11. The lowest BCUT2D eigenvalue weighted by molar-refractivity contribution is 0.0979. The number of hydrogen-bond acceptors (Lipinski definition) is 4. The average molecular weight is 177 g/mol. The van der Waals surface area contributed by atoms with Gasteiger partial charge in [-0.25, -0.2) is 0 Å². The molecule has 0 saturated carbocycles. The van der Waals surface area contributed by atoms with Crippen molar-refractivity contribution in [1.82, 2.24) is 4.90 Å². The van der Waals surface area contributed by atoms with E-state index in [2.05, 4.69) is 23.5 Å². The van der Waals surface area contributed by atoms with Gasteiger partial charge in [-0.05, 0) is 13.1 Å². The minimum Gasteiger partial charge on any atom is -0.460 e. The van der Waals surface area contributed by atoms with E-state index in [1.807, 2.05) is 0 Å². The van der Waals surface area contributed by atoms with E-state index < -0.39 is 0 Å². The molecule has 0 atom stereocenters. The van der Waals surface area contributed by atoms with Crippen molar-refractivity contribution in [3.63, 3.8) is 0 Å². The lowest BCUT2D eigenvalue weighted by atomic mass is 10.6. The van der Waals surface area contributed by atoms with Crippen molar-refractivity contribution < 1.29 is 9.47 Å². The van der Waals surface area contributed by atoms with E-state index in [1.165, 1.54) is 7.11 Å². The van der Waals surface area contributed by atoms with Crippen molar-refractivity contribution in [3.05, 3.63) is 0 Å². The van der Waals surface area contributed by atoms with E-state index in [1.54, 1.807) is 0 Å². The summed E-state index contributed by atoms with van der Waals surface area (Å²) in [5.74, 6) is 0. The highest BCUT2D eigenvalue weighted by molar-refractivity contribution is 7.79. The number of rotatable bonds is 4. The first kappa shape index (κ1) is 10.7. The summed E-state index contributed by atoms with van der Waals surface area (Å²) in [6.45, 7) is 6.58. The predicted octanol–water partition coefficient (Wildman–Crippen LogP) is 1.23. The second kappa shape index (κ2) is 6.37. The minimum absolute atomic E-state index is 0.205. The molecular formula is C7H15NO2S. The van der Waals surface area contributed by atoms with E-state index in [0.717, 1.165) is 13.1 Å². The summed E-state index contributed by atoms with van der Waals surface area (Å²) < 4.78 is 9.74. The topological polar surface area (TPSA) is 21.7 Å². The fourth-order valence-electron chi connectivity index (χ4n) is 0.609. The van der Waals surface area contributed by atoms with Gasteiger partial charge in [0, 0.05) is 12.2 Å². The van der Waals surface area contributed by atoms with Gasteiger partial charge in [0.1, 0.15) is 6.73 Å². The molecule has 0 amide bonds. The Morgan fingerprint density at radius 2 is 1.91 bits per heavy atom. The number of thiocarbonyl (C=S) groups is 1. The Labute approximate surface area is 73.3 Å². The molecule has 4 heteroatoms. The van der Waals surface area contributed by atoms with Crippen molar-refractivity contribution >= 4 is 17.5 Å². The summed E-state index contributed by atoms with van der Waals surface area (Å²) in [5.41, 5.74) is 0. The Bertz CT molecular complexity index is 115. The highest BCUT2D eigenvalue weighted by Crippen LogP contribution is 1.89. The molecule has 0 fully saturated rings. The maximum atomic E-state index is 5.07. The second-order valence-corrected chi connectivity index (χ2v) is 2.36. The lowest BCUT2D eigenvalue weighted by Gasteiger charge is -2.17. The lowest BCUT2D eigenvalue weighted by Crippen LogP contribution is -2.27. The van der Waals surface area contributed by atoms with Crippen LogP contribution in [0.1, 0.15) is 13.8 Å². The van der Waals surface area contributed by atoms with Gasteiger partial charge in [-0.3, -0.25) is 4.90 Å². The number of methoxy groups -OCH3 is 1. The second-order valence-electron chi connectivity index (χ2n) is 2.03. The Hall–Kier alpha value is -0.350. The summed E-state index contributed by atoms with van der Waals surface area (Å²) >= 11 is 4.70. The van der Waals surface area contributed by atoms with E-state index in [9.17, 15) is 0 Å². The van der Waals surface area contributed by atoms with Gasteiger partial charge < -0.3 is 9.47 Å². The summed E-state index contributed by atoms with van der Waals surface area (Å²) in [4.78, 5) is 2.10. The zero-order chi connectivity index (χ0) is 8.69. The SMILES string of the molecule is CCN(CC)COC(=S)OC. The van der Waals surface area contributed by atoms with Crippen LogP contribution in [0.2, 0.25) is 0 Å². The molecule has 0 aromatic carbocycles. The molecule has 0 N–H and O–H groups in total. The molecule has 0 radical (unpaired) electrons. The molecule has 0 bridgehead atoms. The molecule has 11 heavy (non-hydrogen) atoms. The van der Waals surface area contributed by atoms with Crippen molar-refractivity contribution in [1.29, 1.82) is 0 Å². The fourth-order valence-corrected chi connectivity index (χ4v) is 0.662. The molecule has 0 heterocycles. The van der Waals surface area contributed by atoms with Crippen molar-refractivity contribution in [3.8, 4) is 0 Å². The standard InChI is InChI=1S/C7H15NO2S/c1-4-8(5-2)6-10-7(11)9-3/h4-6H2,1-3H3. The van der Waals surface area contributed by atoms with Crippen molar-refractivity contribution in [2.75, 3.05) is 26.9 Å². The average Bonchev–Trinajstić information content (AvgIpc) is 2.06. The van der Waals surface area contributed by atoms with E-state index in [0.29, 0.717) is 6.73 Å². The zero-order valence-electron chi connectivity index (χ0n) is 7.29. The molecule has 0 aromatic rings. The van der Waals surface area contributed by atoms with Crippen LogP contribution in [-0.2, 0) is 9.47 Å². The Kier molecular flexibility index (Phi) is 6.16. The molecule has 66 valence electrons. The smallest absolute Gasteiger partial charge is 0.353 e. The molecule has 3 nitrogen and oxygen atoms in total. The van der Waals surface area contributed by atoms with Crippen LogP contribution >= 0.6 is 12.2 Å². The van der Waals surface area contributed by atoms with Gasteiger partial charge in [-0.2, -0.15) is 0 Å². The van der Waals surface area contributed by atoms with Gasteiger partial charge >= 0.3 is 5.24 Å². The van der Waals surface area contributed by atoms with Crippen LogP contribution in [0.25, 0.3) is 0 Å². The van der Waals surface area contributed by atoms with Gasteiger partial charge in [0.25, 0.3) is 0 Å². The maximum Gasteiger partial charge on any atom is 0.353 e. The first-order chi connectivity index (χ1) is 5.24. The van der Waals surface area contributed by atoms with Crippen LogP contribution in [0, 0.1) is 0 Å². The fraction of sp³-hybridized carbons (Fsp3) is 0.857. The summed E-state index contributed by atoms with van der Waals surface area (Å²) in [7, 11) is 1.50. The molecule has 0 aromatic heterocycles. The van der Waals surface area contributed by atoms with Gasteiger partial charge in [-0.1, -0.05) is 13.8 Å². The van der Waals surface area contributed by atoms with E-state index in [-0.39, 0.29) is 5.24 Å². The molecule has 0 unspecified atom stereocenters. The third-order valence-corrected chi connectivity index (χ3v) is 1.71. The van der Waals surface area contributed by atoms with Crippen LogP contribution < -0.4 is 0 Å². The van der Waals surface area contributed by atoms with Crippen LogP contribution in [0.4, 0.5) is 0 Å². The summed E-state index contributed by atoms with van der Waals surface area (Å²) in [6.07, 6.45) is 0. The highest BCUT2D eigenvalue weighted by Gasteiger charge is 2.00. The first-order valence-electron chi connectivity index (χ1n) is 3.67. The summed E-state index contributed by atoms with van der Waals surface area (Å²) in [6, 6.07) is 0. The van der Waals surface area contributed by atoms with E-state index in [4.69, 9.17) is 17.0 Å². The van der Waals surface area contributed by atoms with Crippen LogP contribution in [0.15, 0.2) is 0 Å². The monoisotopic (exact) mass is 177 g/mol. The number of ether oxygens (including phenoxy) is 2. The van der Waals surface area contributed by atoms with Crippen molar-refractivity contribution in [2.45, 2.75) is 13.8 Å². The normalized spacial score (nSPS) is 9.82. The number of hydrogen-bond donors (Lipinski definition) is 0. The molecule has 0 aliphatic heterocycles. The van der Waals surface area contributed by atoms with Crippen molar-refractivity contribution in [2.24, 2.45) is 0 Å². The molecule has 0 spiro atoms. The predicted molar refractivity (Wildman–Crippen MR) is 48.5 cm³/mol.